The van der Waals surface area contributed by atoms with Crippen molar-refractivity contribution in [1.29, 1.82) is 0 Å². The predicted octanol–water partition coefficient (Wildman–Crippen LogP) is 2.28. The largest absolute Gasteiger partial charge is 0.355 e. The van der Waals surface area contributed by atoms with E-state index in [-0.39, 0.29) is 11.3 Å². The van der Waals surface area contributed by atoms with E-state index in [9.17, 15) is 4.79 Å². The molecule has 0 unspecified atom stereocenters. The zero-order valence-electron chi connectivity index (χ0n) is 16.8. The van der Waals surface area contributed by atoms with E-state index < -0.39 is 0 Å². The van der Waals surface area contributed by atoms with Crippen molar-refractivity contribution >= 4 is 11.7 Å². The molecular formula is C22H29N5O. The molecule has 2 atom stereocenters. The Bertz CT molecular complexity index is 797. The van der Waals surface area contributed by atoms with E-state index in [0.717, 1.165) is 51.4 Å². The highest BCUT2D eigenvalue weighted by Crippen LogP contribution is 2.45. The van der Waals surface area contributed by atoms with Crippen LogP contribution in [0.5, 0.6) is 0 Å². The van der Waals surface area contributed by atoms with Gasteiger partial charge in [-0.1, -0.05) is 12.1 Å². The lowest BCUT2D eigenvalue weighted by Crippen LogP contribution is -2.47. The van der Waals surface area contributed by atoms with Crippen LogP contribution in [-0.4, -0.2) is 65.9 Å². The van der Waals surface area contributed by atoms with E-state index in [2.05, 4.69) is 25.8 Å². The Morgan fingerprint density at radius 1 is 1.21 bits per heavy atom. The fourth-order valence-electron chi connectivity index (χ4n) is 4.92. The third-order valence-electron chi connectivity index (χ3n) is 6.21. The third-order valence-corrected chi connectivity index (χ3v) is 6.21. The van der Waals surface area contributed by atoms with Gasteiger partial charge in [0.05, 0.1) is 5.41 Å². The van der Waals surface area contributed by atoms with Crippen LogP contribution in [0.1, 0.15) is 18.4 Å². The minimum Gasteiger partial charge on any atom is -0.355 e. The lowest BCUT2D eigenvalue weighted by Gasteiger charge is -2.34. The molecule has 2 fully saturated rings. The lowest BCUT2D eigenvalue weighted by molar-refractivity contribution is -0.141. The highest BCUT2D eigenvalue weighted by Gasteiger charge is 2.53. The summed E-state index contributed by atoms with van der Waals surface area (Å²) < 4.78 is 0. The zero-order chi connectivity index (χ0) is 19.6. The number of fused-ring (bicyclic) bond motifs is 1. The first-order chi connectivity index (χ1) is 13.6. The van der Waals surface area contributed by atoms with Crippen LogP contribution in [0.3, 0.4) is 0 Å². The molecule has 6 heteroatoms. The van der Waals surface area contributed by atoms with Gasteiger partial charge in [0.25, 0.3) is 0 Å². The monoisotopic (exact) mass is 379 g/mol. The number of pyridine rings is 2. The second kappa shape index (κ2) is 7.87. The summed E-state index contributed by atoms with van der Waals surface area (Å²) in [5.41, 5.74) is 0.901. The molecule has 4 rings (SSSR count). The molecule has 0 aliphatic carbocycles. The molecule has 148 valence electrons. The van der Waals surface area contributed by atoms with E-state index in [4.69, 9.17) is 0 Å². The van der Waals surface area contributed by atoms with Crippen LogP contribution in [0.2, 0.25) is 0 Å². The van der Waals surface area contributed by atoms with Gasteiger partial charge in [-0.15, -0.1) is 0 Å². The Labute approximate surface area is 167 Å². The predicted molar refractivity (Wildman–Crippen MR) is 110 cm³/mol. The van der Waals surface area contributed by atoms with Crippen molar-refractivity contribution in [2.45, 2.75) is 19.4 Å². The Hall–Kier alpha value is -2.47. The molecule has 2 aromatic rings. The van der Waals surface area contributed by atoms with Gasteiger partial charge in [0, 0.05) is 64.8 Å². The van der Waals surface area contributed by atoms with Crippen LogP contribution in [0.4, 0.5) is 5.82 Å². The number of anilines is 1. The molecule has 2 saturated heterocycles. The molecule has 6 nitrogen and oxygen atoms in total. The number of amides is 1. The topological polar surface area (TPSA) is 52.6 Å². The second-order valence-electron chi connectivity index (χ2n) is 8.32. The summed E-state index contributed by atoms with van der Waals surface area (Å²) in [5.74, 6) is 1.53. The minimum atomic E-state index is -0.329. The first-order valence-corrected chi connectivity index (χ1v) is 10.1. The maximum atomic E-state index is 13.3. The summed E-state index contributed by atoms with van der Waals surface area (Å²) in [4.78, 5) is 28.7. The van der Waals surface area contributed by atoms with Crippen LogP contribution in [-0.2, 0) is 11.3 Å². The standard InChI is InChI=1S/C22H29N5O/c1-25(2)21(28)22-9-6-12-26(14-18-7-5-10-23-13-18)15-19(22)16-27(17-22)20-8-3-4-11-24-20/h3-5,7-8,10-11,13,19H,6,9,12,14-17H2,1-2H3/t19-,22-/m0/s1. The quantitative estimate of drug-likeness (QED) is 0.816. The average Bonchev–Trinajstić information content (AvgIpc) is 2.99. The Morgan fingerprint density at radius 2 is 2.11 bits per heavy atom. The fraction of sp³-hybridized carbons (Fsp3) is 0.500. The molecule has 2 aromatic heterocycles. The summed E-state index contributed by atoms with van der Waals surface area (Å²) in [6.45, 7) is 4.47. The van der Waals surface area contributed by atoms with Gasteiger partial charge in [-0.3, -0.25) is 14.7 Å². The minimum absolute atomic E-state index is 0.263. The Kier molecular flexibility index (Phi) is 5.31. The molecule has 2 aliphatic rings. The highest BCUT2D eigenvalue weighted by atomic mass is 16.2. The zero-order valence-corrected chi connectivity index (χ0v) is 16.8. The smallest absolute Gasteiger partial charge is 0.230 e. The van der Waals surface area contributed by atoms with Gasteiger partial charge in [0.1, 0.15) is 5.82 Å². The summed E-state index contributed by atoms with van der Waals surface area (Å²) in [6.07, 6.45) is 7.55. The first-order valence-electron chi connectivity index (χ1n) is 10.1. The van der Waals surface area contributed by atoms with E-state index >= 15 is 0 Å². The van der Waals surface area contributed by atoms with Crippen molar-refractivity contribution < 1.29 is 4.79 Å². The number of rotatable bonds is 4. The fourth-order valence-corrected chi connectivity index (χ4v) is 4.92. The molecule has 28 heavy (non-hydrogen) atoms. The summed E-state index contributed by atoms with van der Waals surface area (Å²) in [5, 5.41) is 0. The van der Waals surface area contributed by atoms with Crippen LogP contribution >= 0.6 is 0 Å². The third kappa shape index (κ3) is 3.61. The van der Waals surface area contributed by atoms with Crippen molar-refractivity contribution in [2.24, 2.45) is 11.3 Å². The van der Waals surface area contributed by atoms with Crippen molar-refractivity contribution in [3.8, 4) is 0 Å². The second-order valence-corrected chi connectivity index (χ2v) is 8.32. The van der Waals surface area contributed by atoms with Gasteiger partial charge < -0.3 is 9.80 Å². The summed E-state index contributed by atoms with van der Waals surface area (Å²) in [6, 6.07) is 10.1. The van der Waals surface area contributed by atoms with E-state index in [1.807, 2.05) is 57.0 Å². The number of nitrogens with zero attached hydrogens (tertiary/aromatic N) is 5. The lowest BCUT2D eigenvalue weighted by atomic mass is 9.74. The number of aromatic nitrogens is 2. The number of likely N-dealkylation sites (tertiary alicyclic amines) is 1. The van der Waals surface area contributed by atoms with Gasteiger partial charge >= 0.3 is 0 Å². The molecule has 0 radical (unpaired) electrons. The molecule has 0 bridgehead atoms. The average molecular weight is 380 g/mol. The van der Waals surface area contributed by atoms with Crippen LogP contribution in [0.25, 0.3) is 0 Å². The van der Waals surface area contributed by atoms with Crippen LogP contribution in [0, 0.1) is 11.3 Å². The van der Waals surface area contributed by atoms with Crippen molar-refractivity contribution in [3.05, 3.63) is 54.5 Å². The molecule has 0 spiro atoms. The van der Waals surface area contributed by atoms with E-state index in [1.165, 1.54) is 5.56 Å². The van der Waals surface area contributed by atoms with Gasteiger partial charge in [0.2, 0.25) is 5.91 Å². The van der Waals surface area contributed by atoms with Crippen molar-refractivity contribution in [3.63, 3.8) is 0 Å². The summed E-state index contributed by atoms with van der Waals surface area (Å²) >= 11 is 0. The van der Waals surface area contributed by atoms with Gasteiger partial charge in [0.15, 0.2) is 0 Å². The number of hydrogen-bond donors (Lipinski definition) is 0. The molecule has 1 amide bonds. The van der Waals surface area contributed by atoms with E-state index in [1.54, 1.807) is 4.90 Å². The molecule has 0 saturated carbocycles. The van der Waals surface area contributed by atoms with Gasteiger partial charge in [-0.2, -0.15) is 0 Å². The number of carbonyl (C=O) groups is 1. The highest BCUT2D eigenvalue weighted by molar-refractivity contribution is 5.84. The molecule has 0 aromatic carbocycles. The molecule has 4 heterocycles. The first kappa shape index (κ1) is 18.9. The summed E-state index contributed by atoms with van der Waals surface area (Å²) in [7, 11) is 3.77. The van der Waals surface area contributed by atoms with Crippen LogP contribution < -0.4 is 4.90 Å². The molecule has 2 aliphatic heterocycles. The Balaban J connectivity index is 1.60. The maximum absolute atomic E-state index is 13.3. The molecular weight excluding hydrogens is 350 g/mol. The van der Waals surface area contributed by atoms with Crippen LogP contribution in [0.15, 0.2) is 48.9 Å². The number of hydrogen-bond acceptors (Lipinski definition) is 5. The van der Waals surface area contributed by atoms with Gasteiger partial charge in [-0.25, -0.2) is 4.98 Å². The SMILES string of the molecule is CN(C)C(=O)[C@]12CCCN(Cc3cccnc3)C[C@H]1CN(c1ccccn1)C2. The number of carbonyl (C=O) groups excluding carboxylic acids is 1. The Morgan fingerprint density at radius 3 is 2.82 bits per heavy atom. The maximum Gasteiger partial charge on any atom is 0.230 e. The van der Waals surface area contributed by atoms with Gasteiger partial charge in [-0.05, 0) is 43.1 Å². The van der Waals surface area contributed by atoms with Crippen molar-refractivity contribution in [2.75, 3.05) is 45.2 Å². The normalized spacial score (nSPS) is 25.2. The van der Waals surface area contributed by atoms with E-state index in [0.29, 0.717) is 5.92 Å². The molecule has 0 N–H and O–H groups in total. The van der Waals surface area contributed by atoms with Crippen molar-refractivity contribution in [1.82, 2.24) is 19.8 Å².